The molecule has 27 heavy (non-hydrogen) atoms. The van der Waals surface area contributed by atoms with Gasteiger partial charge < -0.3 is 4.98 Å². The normalized spacial score (nSPS) is 13.9. The highest BCUT2D eigenvalue weighted by Crippen LogP contribution is 2.43. The van der Waals surface area contributed by atoms with Crippen LogP contribution in [0.1, 0.15) is 32.0 Å². The molecule has 0 bridgehead atoms. The minimum absolute atomic E-state index is 0.105. The Hall–Kier alpha value is -2.50. The van der Waals surface area contributed by atoms with Crippen LogP contribution in [-0.4, -0.2) is 16.6 Å². The van der Waals surface area contributed by atoms with Crippen molar-refractivity contribution in [1.29, 1.82) is 0 Å². The summed E-state index contributed by atoms with van der Waals surface area (Å²) in [5.74, 6) is -0.234. The molecule has 0 aliphatic heterocycles. The quantitative estimate of drug-likeness (QED) is 0.610. The molecule has 0 radical (unpaired) electrons. The number of allylic oxidation sites excluding steroid dienone is 2. The van der Waals surface area contributed by atoms with E-state index >= 15 is 0 Å². The number of fused-ring (bicyclic) bond motifs is 1. The molecule has 0 atom stereocenters. The molecule has 0 unspecified atom stereocenters. The number of aromatic nitrogens is 1. The van der Waals surface area contributed by atoms with Crippen molar-refractivity contribution in [2.45, 2.75) is 23.6 Å². The molecule has 1 aliphatic carbocycles. The van der Waals surface area contributed by atoms with Crippen molar-refractivity contribution < 1.29 is 9.59 Å². The summed E-state index contributed by atoms with van der Waals surface area (Å²) in [6.07, 6.45) is 1.65. The van der Waals surface area contributed by atoms with Crippen LogP contribution in [0.2, 0.25) is 0 Å². The fraction of sp³-hybridized carbons (Fsp3) is 0.0909. The second kappa shape index (κ2) is 7.25. The zero-order valence-corrected chi connectivity index (χ0v) is 16.5. The number of ketones is 2. The smallest absolute Gasteiger partial charge is 0.217 e. The molecule has 0 fully saturated rings. The van der Waals surface area contributed by atoms with Crippen molar-refractivity contribution in [3.63, 3.8) is 0 Å². The van der Waals surface area contributed by atoms with Crippen molar-refractivity contribution in [2.75, 3.05) is 0 Å². The molecule has 0 saturated carbocycles. The Kier molecular flexibility index (Phi) is 4.81. The van der Waals surface area contributed by atoms with E-state index in [2.05, 4.69) is 4.98 Å². The van der Waals surface area contributed by atoms with Gasteiger partial charge in [0.2, 0.25) is 11.6 Å². The molecule has 1 N–H and O–H groups in total. The highest BCUT2D eigenvalue weighted by atomic mass is 32.2. The number of thioether (sulfide) groups is 2. The van der Waals surface area contributed by atoms with Gasteiger partial charge in [-0.2, -0.15) is 0 Å². The van der Waals surface area contributed by atoms with E-state index in [0.717, 1.165) is 20.9 Å². The van der Waals surface area contributed by atoms with E-state index in [0.29, 0.717) is 21.1 Å². The van der Waals surface area contributed by atoms with Crippen LogP contribution in [0, 0.1) is 13.8 Å². The van der Waals surface area contributed by atoms with Crippen LogP contribution >= 0.6 is 23.5 Å². The molecule has 0 amide bonds. The van der Waals surface area contributed by atoms with E-state index < -0.39 is 0 Å². The van der Waals surface area contributed by atoms with Gasteiger partial charge in [-0.05, 0) is 44.2 Å². The minimum Gasteiger partial charge on any atom is -0.358 e. The van der Waals surface area contributed by atoms with Gasteiger partial charge in [-0.15, -0.1) is 0 Å². The van der Waals surface area contributed by atoms with Crippen molar-refractivity contribution >= 4 is 35.1 Å². The van der Waals surface area contributed by atoms with Gasteiger partial charge in [-0.3, -0.25) is 9.59 Å². The maximum Gasteiger partial charge on any atom is 0.217 e. The number of H-pyrrole nitrogens is 1. The van der Waals surface area contributed by atoms with Gasteiger partial charge >= 0.3 is 0 Å². The summed E-state index contributed by atoms with van der Waals surface area (Å²) < 4.78 is 0. The van der Waals surface area contributed by atoms with Crippen LogP contribution < -0.4 is 0 Å². The predicted octanol–water partition coefficient (Wildman–Crippen LogP) is 5.81. The van der Waals surface area contributed by atoms with Crippen LogP contribution in [0.15, 0.2) is 80.4 Å². The fourth-order valence-electron chi connectivity index (χ4n) is 2.89. The lowest BCUT2D eigenvalue weighted by atomic mass is 10.0. The molecular weight excluding hydrogens is 374 g/mol. The summed E-state index contributed by atoms with van der Waals surface area (Å²) in [5.41, 5.74) is 3.09. The fourth-order valence-corrected chi connectivity index (χ4v) is 5.05. The highest BCUT2D eigenvalue weighted by Gasteiger charge is 2.34. The third kappa shape index (κ3) is 3.53. The van der Waals surface area contributed by atoms with Gasteiger partial charge in [0.05, 0.1) is 21.1 Å². The van der Waals surface area contributed by atoms with Crippen LogP contribution in [0.5, 0.6) is 0 Å². The van der Waals surface area contributed by atoms with Crippen molar-refractivity contribution in [2.24, 2.45) is 0 Å². The molecule has 0 saturated heterocycles. The number of carbonyl (C=O) groups is 2. The molecule has 1 aromatic heterocycles. The van der Waals surface area contributed by atoms with E-state index in [1.165, 1.54) is 23.5 Å². The summed E-state index contributed by atoms with van der Waals surface area (Å²) in [6, 6.07) is 17.6. The Bertz CT molecular complexity index is 1080. The first-order valence-corrected chi connectivity index (χ1v) is 10.2. The topological polar surface area (TPSA) is 49.9 Å². The van der Waals surface area contributed by atoms with Gasteiger partial charge in [-0.25, -0.2) is 0 Å². The predicted molar refractivity (Wildman–Crippen MR) is 111 cm³/mol. The molecule has 5 heteroatoms. The Labute approximate surface area is 166 Å². The lowest BCUT2D eigenvalue weighted by molar-refractivity contribution is 0.0986. The van der Waals surface area contributed by atoms with Gasteiger partial charge in [0.15, 0.2) is 0 Å². The molecule has 3 aromatic rings. The second-order valence-corrected chi connectivity index (χ2v) is 8.58. The van der Waals surface area contributed by atoms with Gasteiger partial charge in [0.1, 0.15) is 0 Å². The zero-order chi connectivity index (χ0) is 19.0. The van der Waals surface area contributed by atoms with Gasteiger partial charge in [0.25, 0.3) is 0 Å². The average molecular weight is 392 g/mol. The molecule has 0 spiro atoms. The summed E-state index contributed by atoms with van der Waals surface area (Å²) in [4.78, 5) is 32.0. The zero-order valence-electron chi connectivity index (χ0n) is 14.9. The Balaban J connectivity index is 1.79. The lowest BCUT2D eigenvalue weighted by Crippen LogP contribution is -2.18. The van der Waals surface area contributed by atoms with E-state index in [4.69, 9.17) is 0 Å². The molecule has 134 valence electrons. The first-order chi connectivity index (χ1) is 13.0. The number of nitrogens with one attached hydrogen (secondary N) is 1. The average Bonchev–Trinajstić information content (AvgIpc) is 3.14. The SMILES string of the molecule is Cc1ccc(SC2=C(Sc3cccc(C)c3)C(=O)c3cc[nH]c3C2=O)cc1. The van der Waals surface area contributed by atoms with Crippen LogP contribution in [-0.2, 0) is 0 Å². The largest absolute Gasteiger partial charge is 0.358 e. The number of hydrogen-bond donors (Lipinski definition) is 1. The van der Waals surface area contributed by atoms with E-state index in [9.17, 15) is 9.59 Å². The number of aryl methyl sites for hydroxylation is 2. The monoisotopic (exact) mass is 391 g/mol. The second-order valence-electron chi connectivity index (χ2n) is 6.42. The third-order valence-corrected chi connectivity index (χ3v) is 6.60. The number of rotatable bonds is 4. The number of Topliss-reactive ketones (excluding diaryl/α,β-unsaturated/α-hetero) is 2. The number of hydrogen-bond acceptors (Lipinski definition) is 4. The molecular formula is C22H17NO2S2. The Morgan fingerprint density at radius 3 is 2.19 bits per heavy atom. The molecule has 3 nitrogen and oxygen atoms in total. The van der Waals surface area contributed by atoms with Crippen molar-refractivity contribution in [3.05, 3.63) is 93.0 Å². The summed E-state index contributed by atoms with van der Waals surface area (Å²) in [7, 11) is 0. The van der Waals surface area contributed by atoms with Crippen molar-refractivity contribution in [1.82, 2.24) is 4.98 Å². The number of aromatic amines is 1. The third-order valence-electron chi connectivity index (χ3n) is 4.29. The van der Waals surface area contributed by atoms with Crippen LogP contribution in [0.4, 0.5) is 0 Å². The summed E-state index contributed by atoms with van der Waals surface area (Å²) in [6.45, 7) is 4.03. The Morgan fingerprint density at radius 2 is 1.44 bits per heavy atom. The molecule has 1 aliphatic rings. The van der Waals surface area contributed by atoms with Gasteiger partial charge in [0, 0.05) is 16.0 Å². The molecule has 2 aromatic carbocycles. The van der Waals surface area contributed by atoms with Crippen LogP contribution in [0.3, 0.4) is 0 Å². The lowest BCUT2D eigenvalue weighted by Gasteiger charge is -2.18. The molecule has 1 heterocycles. The minimum atomic E-state index is -0.129. The first-order valence-electron chi connectivity index (χ1n) is 8.53. The number of carbonyl (C=O) groups excluding carboxylic acids is 2. The van der Waals surface area contributed by atoms with E-state index in [1.807, 2.05) is 62.4 Å². The standard InChI is InChI=1S/C22H17NO2S2/c1-13-6-8-15(9-7-13)26-22-20(25)18-17(10-11-23-18)19(24)21(22)27-16-5-3-4-14(2)12-16/h3-12,23H,1-2H3. The maximum absolute atomic E-state index is 13.1. The maximum atomic E-state index is 13.1. The molecule has 4 rings (SSSR count). The Morgan fingerprint density at radius 1 is 0.741 bits per heavy atom. The van der Waals surface area contributed by atoms with E-state index in [1.54, 1.807) is 12.3 Å². The van der Waals surface area contributed by atoms with Gasteiger partial charge in [-0.1, -0.05) is 58.9 Å². The summed E-state index contributed by atoms with van der Waals surface area (Å²) >= 11 is 2.71. The summed E-state index contributed by atoms with van der Waals surface area (Å²) in [5, 5.41) is 0. The van der Waals surface area contributed by atoms with Crippen molar-refractivity contribution in [3.8, 4) is 0 Å². The van der Waals surface area contributed by atoms with E-state index in [-0.39, 0.29) is 11.6 Å². The first kappa shape index (κ1) is 17.9. The van der Waals surface area contributed by atoms with Crippen LogP contribution in [0.25, 0.3) is 0 Å². The number of benzene rings is 2. The highest BCUT2D eigenvalue weighted by molar-refractivity contribution is 8.08.